The number of nitrogens with zero attached hydrogens (tertiary/aromatic N) is 1. The van der Waals surface area contributed by atoms with Crippen molar-refractivity contribution in [3.05, 3.63) is 0 Å². The summed E-state index contributed by atoms with van der Waals surface area (Å²) >= 11 is 0. The molecule has 1 atom stereocenters. The average molecular weight is 305 g/mol. The Kier molecular flexibility index (Phi) is 6.95. The van der Waals surface area contributed by atoms with Gasteiger partial charge in [-0.1, -0.05) is 13.3 Å². The molecule has 1 N–H and O–H groups in total. The molecule has 0 radical (unpaired) electrons. The summed E-state index contributed by atoms with van der Waals surface area (Å²) in [5.41, 5.74) is 0.0142. The molecule has 120 valence electrons. The molecule has 1 rings (SSSR count). The van der Waals surface area contributed by atoms with Crippen LogP contribution in [0.3, 0.4) is 0 Å². The summed E-state index contributed by atoms with van der Waals surface area (Å²) in [6.07, 6.45) is 6.94. The van der Waals surface area contributed by atoms with Crippen LogP contribution in [-0.2, 0) is 9.84 Å². The van der Waals surface area contributed by atoms with Crippen LogP contribution in [0.4, 0.5) is 0 Å². The molecule has 0 spiro atoms. The van der Waals surface area contributed by atoms with Crippen LogP contribution in [0.25, 0.3) is 0 Å². The zero-order chi connectivity index (χ0) is 15.2. The summed E-state index contributed by atoms with van der Waals surface area (Å²) in [5.74, 6) is 0.269. The predicted octanol–water partition coefficient (Wildman–Crippen LogP) is 2.05. The smallest absolute Gasteiger partial charge is 0.147 e. The van der Waals surface area contributed by atoms with Crippen LogP contribution in [0, 0.1) is 0 Å². The Balaban J connectivity index is 2.72. The first-order valence-electron chi connectivity index (χ1n) is 7.93. The van der Waals surface area contributed by atoms with Crippen molar-refractivity contribution in [1.29, 1.82) is 0 Å². The van der Waals surface area contributed by atoms with E-state index in [0.29, 0.717) is 6.42 Å². The van der Waals surface area contributed by atoms with Gasteiger partial charge in [-0.15, -0.1) is 0 Å². The van der Waals surface area contributed by atoms with Gasteiger partial charge < -0.3 is 5.32 Å². The van der Waals surface area contributed by atoms with Gasteiger partial charge >= 0.3 is 0 Å². The second kappa shape index (κ2) is 7.76. The number of likely N-dealkylation sites (tertiary alicyclic amines) is 1. The highest BCUT2D eigenvalue weighted by Gasteiger charge is 2.35. The van der Waals surface area contributed by atoms with Gasteiger partial charge in [0.1, 0.15) is 9.84 Å². The van der Waals surface area contributed by atoms with Gasteiger partial charge in [-0.05, 0) is 59.2 Å². The molecule has 20 heavy (non-hydrogen) atoms. The Morgan fingerprint density at radius 2 is 1.80 bits per heavy atom. The normalized spacial score (nSPS) is 20.0. The van der Waals surface area contributed by atoms with E-state index >= 15 is 0 Å². The molecule has 1 fully saturated rings. The van der Waals surface area contributed by atoms with Crippen LogP contribution >= 0.6 is 0 Å². The molecule has 0 aliphatic carbocycles. The standard InChI is InChI=1S/C15H32N2O2S/c1-5-10-16-14(9-13-20(4,18)19)15(2,3)17-11-7-6-8-12-17/h14,16H,5-13H2,1-4H3. The second-order valence-corrected chi connectivity index (χ2v) is 8.89. The molecule has 0 bridgehead atoms. The van der Waals surface area contributed by atoms with Crippen molar-refractivity contribution in [2.24, 2.45) is 0 Å². The summed E-state index contributed by atoms with van der Waals surface area (Å²) in [7, 11) is -2.89. The molecular weight excluding hydrogens is 272 g/mol. The number of hydrogen-bond acceptors (Lipinski definition) is 4. The third kappa shape index (κ3) is 5.70. The molecule has 0 aromatic heterocycles. The van der Waals surface area contributed by atoms with E-state index in [0.717, 1.165) is 26.1 Å². The minimum absolute atomic E-state index is 0.0142. The molecule has 0 aromatic rings. The number of nitrogens with one attached hydrogen (secondary N) is 1. The minimum Gasteiger partial charge on any atom is -0.312 e. The van der Waals surface area contributed by atoms with E-state index in [1.54, 1.807) is 0 Å². The highest BCUT2D eigenvalue weighted by atomic mass is 32.2. The van der Waals surface area contributed by atoms with Gasteiger partial charge in [0.25, 0.3) is 0 Å². The van der Waals surface area contributed by atoms with Crippen molar-refractivity contribution < 1.29 is 8.42 Å². The molecule has 1 saturated heterocycles. The lowest BCUT2D eigenvalue weighted by Crippen LogP contribution is -2.59. The van der Waals surface area contributed by atoms with E-state index in [4.69, 9.17) is 0 Å². The van der Waals surface area contributed by atoms with Crippen LogP contribution in [0.5, 0.6) is 0 Å². The highest BCUT2D eigenvalue weighted by Crippen LogP contribution is 2.25. The first kappa shape index (κ1) is 17.9. The Bertz CT molecular complexity index is 373. The fraction of sp³-hybridized carbons (Fsp3) is 1.00. The average Bonchev–Trinajstić information content (AvgIpc) is 2.38. The van der Waals surface area contributed by atoms with E-state index in [-0.39, 0.29) is 17.3 Å². The van der Waals surface area contributed by atoms with Gasteiger partial charge in [0, 0.05) is 17.8 Å². The molecule has 1 aliphatic rings. The molecule has 1 heterocycles. The topological polar surface area (TPSA) is 49.4 Å². The first-order valence-corrected chi connectivity index (χ1v) is 9.99. The maximum atomic E-state index is 11.5. The summed E-state index contributed by atoms with van der Waals surface area (Å²) in [5, 5.41) is 3.57. The van der Waals surface area contributed by atoms with Gasteiger partial charge in [-0.25, -0.2) is 8.42 Å². The maximum absolute atomic E-state index is 11.5. The fourth-order valence-corrected chi connectivity index (χ4v) is 3.71. The maximum Gasteiger partial charge on any atom is 0.147 e. The lowest BCUT2D eigenvalue weighted by Gasteiger charge is -2.46. The van der Waals surface area contributed by atoms with Crippen molar-refractivity contribution in [2.75, 3.05) is 31.6 Å². The Morgan fingerprint density at radius 3 is 2.30 bits per heavy atom. The predicted molar refractivity (Wildman–Crippen MR) is 85.9 cm³/mol. The SMILES string of the molecule is CCCNC(CCS(C)(=O)=O)C(C)(C)N1CCCCC1. The van der Waals surface area contributed by atoms with Crippen LogP contribution in [0.1, 0.15) is 52.9 Å². The zero-order valence-corrected chi connectivity index (χ0v) is 14.4. The van der Waals surface area contributed by atoms with Crippen molar-refractivity contribution in [1.82, 2.24) is 10.2 Å². The van der Waals surface area contributed by atoms with Crippen LogP contribution < -0.4 is 5.32 Å². The van der Waals surface area contributed by atoms with Gasteiger partial charge in [-0.2, -0.15) is 0 Å². The molecule has 5 heteroatoms. The van der Waals surface area contributed by atoms with Gasteiger partial charge in [0.15, 0.2) is 0 Å². The molecule has 0 aromatic carbocycles. The fourth-order valence-electron chi connectivity index (χ4n) is 3.05. The molecular formula is C15H32N2O2S. The largest absolute Gasteiger partial charge is 0.312 e. The number of sulfone groups is 1. The number of piperidine rings is 1. The van der Waals surface area contributed by atoms with E-state index in [9.17, 15) is 8.42 Å². The molecule has 0 amide bonds. The van der Waals surface area contributed by atoms with Crippen LogP contribution in [0.15, 0.2) is 0 Å². The third-order valence-corrected chi connectivity index (χ3v) is 5.42. The van der Waals surface area contributed by atoms with Crippen molar-refractivity contribution >= 4 is 9.84 Å². The van der Waals surface area contributed by atoms with Gasteiger partial charge in [0.05, 0.1) is 5.75 Å². The molecule has 1 unspecified atom stereocenters. The molecule has 4 nitrogen and oxygen atoms in total. The van der Waals surface area contributed by atoms with E-state index in [1.165, 1.54) is 25.5 Å². The zero-order valence-electron chi connectivity index (χ0n) is 13.6. The quantitative estimate of drug-likeness (QED) is 0.746. The van der Waals surface area contributed by atoms with Crippen molar-refractivity contribution in [3.8, 4) is 0 Å². The Morgan fingerprint density at radius 1 is 1.20 bits per heavy atom. The van der Waals surface area contributed by atoms with Gasteiger partial charge in [0.2, 0.25) is 0 Å². The first-order chi connectivity index (χ1) is 9.27. The van der Waals surface area contributed by atoms with Crippen molar-refractivity contribution in [2.45, 2.75) is 64.5 Å². The summed E-state index contributed by atoms with van der Waals surface area (Å²) in [4.78, 5) is 2.53. The van der Waals surface area contributed by atoms with E-state index in [2.05, 4.69) is 31.0 Å². The second-order valence-electron chi connectivity index (χ2n) is 6.63. The number of rotatable bonds is 8. The molecule has 1 aliphatic heterocycles. The van der Waals surface area contributed by atoms with E-state index < -0.39 is 9.84 Å². The highest BCUT2D eigenvalue weighted by molar-refractivity contribution is 7.90. The molecule has 0 saturated carbocycles. The van der Waals surface area contributed by atoms with Gasteiger partial charge in [-0.3, -0.25) is 4.90 Å². The Labute approximate surface area is 125 Å². The van der Waals surface area contributed by atoms with Crippen LogP contribution in [0.2, 0.25) is 0 Å². The monoisotopic (exact) mass is 304 g/mol. The van der Waals surface area contributed by atoms with Crippen LogP contribution in [-0.4, -0.2) is 56.5 Å². The number of hydrogen-bond donors (Lipinski definition) is 1. The van der Waals surface area contributed by atoms with Crippen molar-refractivity contribution in [3.63, 3.8) is 0 Å². The minimum atomic E-state index is -2.89. The van der Waals surface area contributed by atoms with E-state index in [1.807, 2.05) is 0 Å². The lowest BCUT2D eigenvalue weighted by molar-refractivity contribution is 0.0601. The summed E-state index contributed by atoms with van der Waals surface area (Å²) in [6.45, 7) is 9.88. The summed E-state index contributed by atoms with van der Waals surface area (Å²) in [6, 6.07) is 0.232. The lowest BCUT2D eigenvalue weighted by atomic mass is 9.88. The summed E-state index contributed by atoms with van der Waals surface area (Å²) < 4.78 is 22.9. The Hall–Kier alpha value is -0.130. The third-order valence-electron chi connectivity index (χ3n) is 4.44.